The fraction of sp³-hybridized carbons (Fsp3) is 0.222. The summed E-state index contributed by atoms with van der Waals surface area (Å²) in [5.41, 5.74) is 0.152. The molecule has 0 saturated heterocycles. The van der Waals surface area contributed by atoms with E-state index in [2.05, 4.69) is 36.6 Å². The Hall–Kier alpha value is -0.560. The fourth-order valence-corrected chi connectivity index (χ4v) is 1.61. The molecule has 0 radical (unpaired) electrons. The first kappa shape index (κ1) is 13.5. The van der Waals surface area contributed by atoms with Crippen LogP contribution in [0.2, 0.25) is 0 Å². The predicted molar refractivity (Wildman–Crippen MR) is 58.9 cm³/mol. The lowest BCUT2D eigenvalue weighted by molar-refractivity contribution is -0.274. The van der Waals surface area contributed by atoms with Gasteiger partial charge in [-0.2, -0.15) is 0 Å². The summed E-state index contributed by atoms with van der Waals surface area (Å²) in [7, 11) is 0. The van der Waals surface area contributed by atoms with Gasteiger partial charge in [0.2, 0.25) is 0 Å². The van der Waals surface area contributed by atoms with Crippen molar-refractivity contribution >= 4 is 37.6 Å². The molecule has 1 rings (SSSR count). The van der Waals surface area contributed by atoms with Gasteiger partial charge in [-0.05, 0) is 34.1 Å². The van der Waals surface area contributed by atoms with E-state index in [1.54, 1.807) is 0 Å². The first-order chi connectivity index (χ1) is 7.33. The van der Waals surface area contributed by atoms with Crippen molar-refractivity contribution in [2.75, 3.05) is 5.33 Å². The summed E-state index contributed by atoms with van der Waals surface area (Å²) >= 11 is 5.84. The largest absolute Gasteiger partial charge is 0.573 e. The molecule has 1 aromatic rings. The zero-order chi connectivity index (χ0) is 12.3. The molecule has 0 heterocycles. The number of hydrogen-bond acceptors (Lipinski definition) is 2. The molecule has 0 N–H and O–H groups in total. The van der Waals surface area contributed by atoms with Crippen LogP contribution in [0.4, 0.5) is 13.2 Å². The third-order valence-electron chi connectivity index (χ3n) is 1.60. The lowest BCUT2D eigenvalue weighted by Crippen LogP contribution is -2.17. The summed E-state index contributed by atoms with van der Waals surface area (Å²) in [5.74, 6) is -0.751. The molecule has 0 aliphatic carbocycles. The van der Waals surface area contributed by atoms with Gasteiger partial charge in [-0.3, -0.25) is 4.79 Å². The van der Waals surface area contributed by atoms with Gasteiger partial charge in [-0.1, -0.05) is 15.9 Å². The van der Waals surface area contributed by atoms with E-state index < -0.39 is 12.1 Å². The monoisotopic (exact) mass is 360 g/mol. The van der Waals surface area contributed by atoms with Gasteiger partial charge in [0.05, 0.1) is 9.80 Å². The SMILES string of the molecule is O=C(CBr)c1ccc(Br)c(OC(F)(F)F)c1. The minimum Gasteiger partial charge on any atom is -0.405 e. The van der Waals surface area contributed by atoms with E-state index in [4.69, 9.17) is 0 Å². The van der Waals surface area contributed by atoms with Crippen LogP contribution >= 0.6 is 31.9 Å². The second-order valence-corrected chi connectivity index (χ2v) is 4.16. The smallest absolute Gasteiger partial charge is 0.405 e. The second-order valence-electron chi connectivity index (χ2n) is 2.75. The van der Waals surface area contributed by atoms with Crippen molar-refractivity contribution in [1.29, 1.82) is 0 Å². The Labute approximate surface area is 106 Å². The Kier molecular flexibility index (Phi) is 4.37. The van der Waals surface area contributed by atoms with Crippen molar-refractivity contribution in [3.8, 4) is 5.75 Å². The van der Waals surface area contributed by atoms with Gasteiger partial charge in [-0.25, -0.2) is 0 Å². The average Bonchev–Trinajstić information content (AvgIpc) is 2.18. The minimum atomic E-state index is -4.78. The van der Waals surface area contributed by atoms with Gasteiger partial charge in [0.25, 0.3) is 0 Å². The van der Waals surface area contributed by atoms with Crippen LogP contribution in [0.15, 0.2) is 22.7 Å². The van der Waals surface area contributed by atoms with Crippen molar-refractivity contribution < 1.29 is 22.7 Å². The molecule has 16 heavy (non-hydrogen) atoms. The van der Waals surface area contributed by atoms with Crippen LogP contribution in [0.5, 0.6) is 5.75 Å². The molecule has 0 fully saturated rings. The average molecular weight is 362 g/mol. The van der Waals surface area contributed by atoms with Gasteiger partial charge in [0.1, 0.15) is 5.75 Å². The predicted octanol–water partition coefficient (Wildman–Crippen LogP) is 3.93. The second kappa shape index (κ2) is 5.18. The van der Waals surface area contributed by atoms with Crippen molar-refractivity contribution in [2.45, 2.75) is 6.36 Å². The standard InChI is InChI=1S/C9H5Br2F3O2/c10-4-7(15)5-1-2-6(11)8(3-5)16-9(12,13)14/h1-3H,4H2. The number of carbonyl (C=O) groups is 1. The number of benzene rings is 1. The Balaban J connectivity index is 3.04. The van der Waals surface area contributed by atoms with E-state index in [0.717, 1.165) is 6.07 Å². The number of ether oxygens (including phenoxy) is 1. The normalized spacial score (nSPS) is 11.3. The number of carbonyl (C=O) groups excluding carboxylic acids is 1. The van der Waals surface area contributed by atoms with Crippen molar-refractivity contribution in [3.63, 3.8) is 0 Å². The summed E-state index contributed by atoms with van der Waals surface area (Å²) < 4.78 is 39.9. The van der Waals surface area contributed by atoms with Crippen LogP contribution in [-0.2, 0) is 0 Å². The number of ketones is 1. The van der Waals surface area contributed by atoms with Gasteiger partial charge in [-0.15, -0.1) is 13.2 Å². The molecule has 88 valence electrons. The van der Waals surface area contributed by atoms with E-state index in [9.17, 15) is 18.0 Å². The molecule has 0 atom stereocenters. The van der Waals surface area contributed by atoms with Gasteiger partial charge >= 0.3 is 6.36 Å². The lowest BCUT2D eigenvalue weighted by Gasteiger charge is -2.11. The quantitative estimate of drug-likeness (QED) is 0.602. The third kappa shape index (κ3) is 3.79. The van der Waals surface area contributed by atoms with E-state index in [1.165, 1.54) is 12.1 Å². The molecule has 0 saturated carbocycles. The molecule has 7 heteroatoms. The topological polar surface area (TPSA) is 26.3 Å². The number of Topliss-reactive ketones (excluding diaryl/α,β-unsaturated/α-hetero) is 1. The maximum atomic E-state index is 12.0. The van der Waals surface area contributed by atoms with E-state index in [0.29, 0.717) is 0 Å². The van der Waals surface area contributed by atoms with Gasteiger partial charge in [0.15, 0.2) is 5.78 Å². The van der Waals surface area contributed by atoms with Crippen LogP contribution < -0.4 is 4.74 Å². The van der Waals surface area contributed by atoms with Crippen LogP contribution in [0.3, 0.4) is 0 Å². The maximum absolute atomic E-state index is 12.0. The summed E-state index contributed by atoms with van der Waals surface area (Å²) in [6, 6.07) is 3.79. The van der Waals surface area contributed by atoms with E-state index in [-0.39, 0.29) is 21.1 Å². The minimum absolute atomic E-state index is 0.0418. The lowest BCUT2D eigenvalue weighted by atomic mass is 10.1. The Morgan fingerprint density at radius 1 is 1.38 bits per heavy atom. The highest BCUT2D eigenvalue weighted by Gasteiger charge is 2.32. The molecule has 0 aliphatic heterocycles. The zero-order valence-electron chi connectivity index (χ0n) is 7.65. The van der Waals surface area contributed by atoms with Crippen molar-refractivity contribution in [2.24, 2.45) is 0 Å². The molecule has 0 amide bonds. The van der Waals surface area contributed by atoms with E-state index >= 15 is 0 Å². The molecule has 0 aromatic heterocycles. The number of halogens is 5. The van der Waals surface area contributed by atoms with Crippen molar-refractivity contribution in [1.82, 2.24) is 0 Å². The molecule has 0 bridgehead atoms. The van der Waals surface area contributed by atoms with Crippen LogP contribution in [-0.4, -0.2) is 17.5 Å². The first-order valence-corrected chi connectivity index (χ1v) is 5.89. The highest BCUT2D eigenvalue weighted by molar-refractivity contribution is 9.10. The number of alkyl halides is 4. The zero-order valence-corrected chi connectivity index (χ0v) is 10.8. The number of rotatable bonds is 3. The summed E-state index contributed by atoms with van der Waals surface area (Å²) in [5, 5.41) is 0.0418. The van der Waals surface area contributed by atoms with Gasteiger partial charge in [0, 0.05) is 5.56 Å². The van der Waals surface area contributed by atoms with Gasteiger partial charge < -0.3 is 4.74 Å². The molecular weight excluding hydrogens is 357 g/mol. The first-order valence-electron chi connectivity index (χ1n) is 3.98. The third-order valence-corrected chi connectivity index (χ3v) is 2.76. The summed E-state index contributed by atoms with van der Waals surface area (Å²) in [6.07, 6.45) is -4.78. The molecular formula is C9H5Br2F3O2. The molecule has 2 nitrogen and oxygen atoms in total. The molecule has 1 aromatic carbocycles. The molecule has 0 unspecified atom stereocenters. The van der Waals surface area contributed by atoms with Crippen LogP contribution in [0.25, 0.3) is 0 Å². The highest BCUT2D eigenvalue weighted by atomic mass is 79.9. The molecule has 0 aliphatic rings. The Morgan fingerprint density at radius 3 is 2.50 bits per heavy atom. The Bertz CT molecular complexity index is 404. The summed E-state index contributed by atoms with van der Waals surface area (Å²) in [6.45, 7) is 0. The summed E-state index contributed by atoms with van der Waals surface area (Å²) in [4.78, 5) is 11.2. The van der Waals surface area contributed by atoms with Crippen LogP contribution in [0.1, 0.15) is 10.4 Å². The molecule has 0 spiro atoms. The maximum Gasteiger partial charge on any atom is 0.573 e. The Morgan fingerprint density at radius 2 is 2.00 bits per heavy atom. The van der Waals surface area contributed by atoms with E-state index in [1.807, 2.05) is 0 Å². The van der Waals surface area contributed by atoms with Crippen LogP contribution in [0, 0.1) is 0 Å². The fourth-order valence-electron chi connectivity index (χ4n) is 0.957. The number of hydrogen-bond donors (Lipinski definition) is 0. The highest BCUT2D eigenvalue weighted by Crippen LogP contribution is 2.31. The van der Waals surface area contributed by atoms with Crippen molar-refractivity contribution in [3.05, 3.63) is 28.2 Å².